The van der Waals surface area contributed by atoms with Gasteiger partial charge in [0.05, 0.1) is 0 Å². The number of hydrogen-bond acceptors (Lipinski definition) is 4. The van der Waals surface area contributed by atoms with Crippen LogP contribution < -0.4 is 4.74 Å². The lowest BCUT2D eigenvalue weighted by atomic mass is 10.3. The Morgan fingerprint density at radius 3 is 2.07 bits per heavy atom. The van der Waals surface area contributed by atoms with Crippen molar-refractivity contribution in [2.75, 3.05) is 0 Å². The lowest BCUT2D eigenvalue weighted by molar-refractivity contribution is 0.136. The van der Waals surface area contributed by atoms with Crippen LogP contribution in [-0.4, -0.2) is 32.7 Å². The minimum absolute atomic E-state index is 0.0243. The molecule has 0 atom stereocenters. The molecule has 7 nitrogen and oxygen atoms in total. The second-order valence-electron chi connectivity index (χ2n) is 2.15. The van der Waals surface area contributed by atoms with Crippen molar-refractivity contribution >= 4 is 12.3 Å². The smallest absolute Gasteiger partial charge is 0.508 e. The lowest BCUT2D eigenvalue weighted by Gasteiger charge is -1.98. The molecule has 15 heavy (non-hydrogen) atoms. The summed E-state index contributed by atoms with van der Waals surface area (Å²) in [6, 6.07) is 5.57. The highest BCUT2D eigenvalue weighted by molar-refractivity contribution is 5.61. The highest BCUT2D eigenvalue weighted by atomic mass is 16.7. The molecule has 1 aromatic rings. The van der Waals surface area contributed by atoms with Gasteiger partial charge in [-0.05, 0) is 12.1 Å². The van der Waals surface area contributed by atoms with Crippen LogP contribution in [0.3, 0.4) is 0 Å². The molecule has 0 aliphatic carbocycles. The third kappa shape index (κ3) is 7.91. The van der Waals surface area contributed by atoms with E-state index in [1.54, 1.807) is 0 Å². The van der Waals surface area contributed by atoms with E-state index in [1.165, 1.54) is 24.3 Å². The van der Waals surface area contributed by atoms with Gasteiger partial charge in [-0.2, -0.15) is 0 Å². The Morgan fingerprint density at radius 2 is 1.67 bits per heavy atom. The average molecular weight is 216 g/mol. The Hall–Kier alpha value is -2.44. The highest BCUT2D eigenvalue weighted by Crippen LogP contribution is 2.17. The molecular formula is C8H8O7. The quantitative estimate of drug-likeness (QED) is 0.415. The maximum Gasteiger partial charge on any atom is 0.511 e. The van der Waals surface area contributed by atoms with Crippen molar-refractivity contribution in [3.63, 3.8) is 0 Å². The maximum absolute atomic E-state index is 9.98. The van der Waals surface area contributed by atoms with Gasteiger partial charge in [0.15, 0.2) is 0 Å². The van der Waals surface area contributed by atoms with E-state index in [4.69, 9.17) is 25.2 Å². The first-order chi connectivity index (χ1) is 6.91. The Labute approximate surface area is 83.8 Å². The fourth-order valence-electron chi connectivity index (χ4n) is 0.648. The van der Waals surface area contributed by atoms with Crippen LogP contribution in [0.4, 0.5) is 9.59 Å². The van der Waals surface area contributed by atoms with Crippen LogP contribution in [0.5, 0.6) is 11.5 Å². The van der Waals surface area contributed by atoms with Crippen LogP contribution >= 0.6 is 0 Å². The number of phenols is 1. The van der Waals surface area contributed by atoms with Crippen molar-refractivity contribution in [2.45, 2.75) is 0 Å². The van der Waals surface area contributed by atoms with Gasteiger partial charge >= 0.3 is 12.3 Å². The van der Waals surface area contributed by atoms with Crippen molar-refractivity contribution in [1.82, 2.24) is 0 Å². The molecule has 1 aromatic carbocycles. The largest absolute Gasteiger partial charge is 0.511 e. The fourth-order valence-corrected chi connectivity index (χ4v) is 0.648. The van der Waals surface area contributed by atoms with Crippen molar-refractivity contribution in [2.24, 2.45) is 0 Å². The van der Waals surface area contributed by atoms with Gasteiger partial charge in [-0.3, -0.25) is 0 Å². The molecule has 0 saturated heterocycles. The monoisotopic (exact) mass is 216 g/mol. The summed E-state index contributed by atoms with van der Waals surface area (Å²) in [6.07, 6.45) is -3.23. The molecule has 1 rings (SSSR count). The van der Waals surface area contributed by atoms with Gasteiger partial charge < -0.3 is 25.2 Å². The summed E-state index contributed by atoms with van der Waals surface area (Å²) < 4.78 is 4.25. The number of benzene rings is 1. The third-order valence-corrected chi connectivity index (χ3v) is 1.02. The molecule has 0 aliphatic heterocycles. The summed E-state index contributed by atoms with van der Waals surface area (Å²) in [4.78, 5) is 18.5. The molecule has 0 radical (unpaired) electrons. The molecule has 0 bridgehead atoms. The molecule has 0 heterocycles. The second-order valence-corrected chi connectivity index (χ2v) is 2.15. The topological polar surface area (TPSA) is 124 Å². The molecule has 0 aromatic heterocycles. The minimum atomic E-state index is -1.83. The molecule has 0 unspecified atom stereocenters. The average Bonchev–Trinajstić information content (AvgIpc) is 2.00. The van der Waals surface area contributed by atoms with E-state index >= 15 is 0 Å². The van der Waals surface area contributed by atoms with E-state index in [0.717, 1.165) is 0 Å². The molecule has 0 amide bonds. The third-order valence-electron chi connectivity index (χ3n) is 1.02. The van der Waals surface area contributed by atoms with Crippen molar-refractivity contribution in [1.29, 1.82) is 0 Å². The molecule has 4 N–H and O–H groups in total. The van der Waals surface area contributed by atoms with Crippen molar-refractivity contribution in [3.8, 4) is 11.5 Å². The highest BCUT2D eigenvalue weighted by Gasteiger charge is 1.99. The Kier molecular flexibility index (Phi) is 5.09. The van der Waals surface area contributed by atoms with E-state index in [1.807, 2.05) is 0 Å². The van der Waals surface area contributed by atoms with Gasteiger partial charge in [0, 0.05) is 6.07 Å². The minimum Gasteiger partial charge on any atom is -0.508 e. The van der Waals surface area contributed by atoms with Crippen LogP contribution in [0.1, 0.15) is 0 Å². The molecule has 82 valence electrons. The van der Waals surface area contributed by atoms with E-state index < -0.39 is 12.3 Å². The number of rotatable bonds is 1. The van der Waals surface area contributed by atoms with Crippen molar-refractivity contribution < 1.29 is 34.8 Å². The van der Waals surface area contributed by atoms with Gasteiger partial charge in [0.2, 0.25) is 0 Å². The van der Waals surface area contributed by atoms with Crippen molar-refractivity contribution in [3.05, 3.63) is 24.3 Å². The number of aromatic hydroxyl groups is 1. The second kappa shape index (κ2) is 6.08. The summed E-state index contributed by atoms with van der Waals surface area (Å²) in [5.74, 6) is 0.0845. The Bertz CT molecular complexity index is 343. The summed E-state index contributed by atoms with van der Waals surface area (Å²) in [5.41, 5.74) is 0. The molecule has 0 fully saturated rings. The number of hydrogen-bond donors (Lipinski definition) is 4. The van der Waals surface area contributed by atoms with Crippen LogP contribution in [-0.2, 0) is 0 Å². The summed E-state index contributed by atoms with van der Waals surface area (Å²) >= 11 is 0. The molecule has 0 spiro atoms. The summed E-state index contributed by atoms with van der Waals surface area (Å²) in [7, 11) is 0. The number of ether oxygens (including phenoxy) is 1. The standard InChI is InChI=1S/C7H6O4.CH2O3/c8-5-2-1-3-6(4-5)11-7(9)10;2-1(3)4/h1-4,8H,(H,9,10);(H2,2,3,4). The predicted molar refractivity (Wildman–Crippen MR) is 47.4 cm³/mol. The zero-order chi connectivity index (χ0) is 11.8. The molecule has 7 heteroatoms. The van der Waals surface area contributed by atoms with Gasteiger partial charge in [0.1, 0.15) is 11.5 Å². The van der Waals surface area contributed by atoms with Gasteiger partial charge in [-0.25, -0.2) is 9.59 Å². The van der Waals surface area contributed by atoms with E-state index in [-0.39, 0.29) is 11.5 Å². The SMILES string of the molecule is O=C(O)O.O=C(O)Oc1cccc(O)c1. The Morgan fingerprint density at radius 1 is 1.13 bits per heavy atom. The number of carbonyl (C=O) groups is 2. The zero-order valence-corrected chi connectivity index (χ0v) is 7.32. The predicted octanol–water partition coefficient (Wildman–Crippen LogP) is 1.67. The maximum atomic E-state index is 9.98. The van der Waals surface area contributed by atoms with E-state index in [2.05, 4.69) is 4.74 Å². The van der Waals surface area contributed by atoms with Crippen LogP contribution in [0.15, 0.2) is 24.3 Å². The van der Waals surface area contributed by atoms with Gasteiger partial charge in [0.25, 0.3) is 0 Å². The number of carboxylic acid groups (broad SMARTS) is 3. The first-order valence-electron chi connectivity index (χ1n) is 3.53. The first kappa shape index (κ1) is 12.6. The van der Waals surface area contributed by atoms with E-state index in [0.29, 0.717) is 0 Å². The lowest BCUT2D eigenvalue weighted by Crippen LogP contribution is -2.02. The Balaban J connectivity index is 0.000000423. The van der Waals surface area contributed by atoms with Gasteiger partial charge in [-0.15, -0.1) is 0 Å². The van der Waals surface area contributed by atoms with Gasteiger partial charge in [-0.1, -0.05) is 6.07 Å². The zero-order valence-electron chi connectivity index (χ0n) is 7.32. The normalized spacial score (nSPS) is 8.27. The van der Waals surface area contributed by atoms with Crippen LogP contribution in [0, 0.1) is 0 Å². The molecule has 0 aliphatic rings. The molecule has 0 saturated carbocycles. The summed E-state index contributed by atoms with van der Waals surface area (Å²) in [6.45, 7) is 0. The van der Waals surface area contributed by atoms with Crippen LogP contribution in [0.2, 0.25) is 0 Å². The first-order valence-corrected chi connectivity index (χ1v) is 3.53. The number of phenolic OH excluding ortho intramolecular Hbond substituents is 1. The van der Waals surface area contributed by atoms with E-state index in [9.17, 15) is 4.79 Å². The van der Waals surface area contributed by atoms with Crippen LogP contribution in [0.25, 0.3) is 0 Å². The summed E-state index contributed by atoms with van der Waals surface area (Å²) in [5, 5.41) is 31.0. The molecular weight excluding hydrogens is 208 g/mol. The fraction of sp³-hybridized carbons (Fsp3) is 0.